The van der Waals surface area contributed by atoms with Crippen LogP contribution >= 0.6 is 0 Å². The molecule has 0 bridgehead atoms. The molecule has 0 saturated heterocycles. The maximum Gasteiger partial charge on any atom is 0.0714 e. The zero-order chi connectivity index (χ0) is 50.6. The van der Waals surface area contributed by atoms with E-state index in [1.165, 1.54) is 120 Å². The summed E-state index contributed by atoms with van der Waals surface area (Å²) >= 11 is 0. The highest BCUT2D eigenvalue weighted by molar-refractivity contribution is 6.21. The van der Waals surface area contributed by atoms with E-state index in [-0.39, 0.29) is 0 Å². The van der Waals surface area contributed by atoms with Crippen LogP contribution in [0.5, 0.6) is 0 Å². The van der Waals surface area contributed by atoms with Crippen LogP contribution < -0.4 is 4.90 Å². The summed E-state index contributed by atoms with van der Waals surface area (Å²) in [6, 6.07) is 108. The van der Waals surface area contributed by atoms with E-state index < -0.39 is 5.41 Å². The first-order valence-electron chi connectivity index (χ1n) is 26.7. The number of fused-ring (bicyclic) bond motifs is 13. The summed E-state index contributed by atoms with van der Waals surface area (Å²) in [6.07, 6.45) is 0. The van der Waals surface area contributed by atoms with Crippen molar-refractivity contribution in [3.05, 3.63) is 313 Å². The number of rotatable bonds is 7. The molecule has 0 fully saturated rings. The second-order valence-electron chi connectivity index (χ2n) is 20.7. The van der Waals surface area contributed by atoms with E-state index in [2.05, 4.69) is 301 Å². The van der Waals surface area contributed by atoms with Gasteiger partial charge in [0.15, 0.2) is 0 Å². The molecule has 1 aliphatic rings. The molecule has 77 heavy (non-hydrogen) atoms. The first-order chi connectivity index (χ1) is 38.2. The Morgan fingerprint density at radius 1 is 0.260 bits per heavy atom. The maximum atomic E-state index is 2.55. The van der Waals surface area contributed by atoms with Crippen LogP contribution in [0.25, 0.3) is 104 Å². The van der Waals surface area contributed by atoms with Gasteiger partial charge in [-0.3, -0.25) is 0 Å². The number of benzene rings is 14. The third kappa shape index (κ3) is 6.37. The van der Waals surface area contributed by atoms with Crippen LogP contribution in [0.1, 0.15) is 22.3 Å². The van der Waals surface area contributed by atoms with Gasteiger partial charge in [-0.1, -0.05) is 243 Å². The van der Waals surface area contributed by atoms with Crippen molar-refractivity contribution >= 4 is 92.7 Å². The minimum Gasteiger partial charge on any atom is -0.309 e. The Balaban J connectivity index is 0.905. The third-order valence-electron chi connectivity index (χ3n) is 16.8. The molecule has 1 aromatic heterocycles. The van der Waals surface area contributed by atoms with Gasteiger partial charge in [0.05, 0.1) is 33.5 Å². The average molecular weight is 977 g/mol. The number of hydrogen-bond acceptors (Lipinski definition) is 1. The van der Waals surface area contributed by atoms with Gasteiger partial charge in [0, 0.05) is 32.6 Å². The number of aromatic nitrogens is 1. The molecule has 0 N–H and O–H groups in total. The highest BCUT2D eigenvalue weighted by Crippen LogP contribution is 2.57. The predicted octanol–water partition coefficient (Wildman–Crippen LogP) is 20.0. The lowest BCUT2D eigenvalue weighted by molar-refractivity contribution is 0.767. The Kier molecular flexibility index (Phi) is 9.58. The molecule has 14 aromatic carbocycles. The van der Waals surface area contributed by atoms with E-state index >= 15 is 0 Å². The summed E-state index contributed by atoms with van der Waals surface area (Å²) in [7, 11) is 0. The number of hydrogen-bond donors (Lipinski definition) is 0. The fraction of sp³-hybridized carbons (Fsp3) is 0.0133. The topological polar surface area (TPSA) is 8.17 Å². The molecule has 0 amide bonds. The molecule has 0 spiro atoms. The Bertz CT molecular complexity index is 4710. The fourth-order valence-corrected chi connectivity index (χ4v) is 13.5. The molecule has 0 unspecified atom stereocenters. The molecule has 2 nitrogen and oxygen atoms in total. The van der Waals surface area contributed by atoms with Crippen LogP contribution in [0.4, 0.5) is 17.1 Å². The second kappa shape index (κ2) is 17.0. The second-order valence-corrected chi connectivity index (χ2v) is 20.7. The van der Waals surface area contributed by atoms with Crippen LogP contribution in [0, 0.1) is 0 Å². The van der Waals surface area contributed by atoms with Gasteiger partial charge in [-0.2, -0.15) is 0 Å². The van der Waals surface area contributed by atoms with Crippen molar-refractivity contribution in [1.82, 2.24) is 4.57 Å². The molecule has 1 aliphatic carbocycles. The largest absolute Gasteiger partial charge is 0.309 e. The maximum absolute atomic E-state index is 2.55. The number of nitrogens with zero attached hydrogens (tertiary/aromatic N) is 2. The van der Waals surface area contributed by atoms with Crippen molar-refractivity contribution in [2.75, 3.05) is 4.90 Å². The van der Waals surface area contributed by atoms with Crippen LogP contribution in [-0.4, -0.2) is 4.57 Å². The van der Waals surface area contributed by atoms with Crippen LogP contribution in [0.2, 0.25) is 0 Å². The monoisotopic (exact) mass is 976 g/mol. The molecule has 0 saturated carbocycles. The molecule has 0 radical (unpaired) electrons. The molecule has 0 atom stereocenters. The summed E-state index contributed by atoms with van der Waals surface area (Å²) in [5.41, 5.74) is 16.5. The Morgan fingerprint density at radius 3 is 1.36 bits per heavy atom. The Morgan fingerprint density at radius 2 is 0.727 bits per heavy atom. The van der Waals surface area contributed by atoms with Crippen molar-refractivity contribution in [1.29, 1.82) is 0 Å². The van der Waals surface area contributed by atoms with Gasteiger partial charge in [-0.05, 0) is 131 Å². The van der Waals surface area contributed by atoms with Gasteiger partial charge in [-0.25, -0.2) is 0 Å². The zero-order valence-electron chi connectivity index (χ0n) is 42.1. The van der Waals surface area contributed by atoms with Crippen LogP contribution in [0.15, 0.2) is 291 Å². The van der Waals surface area contributed by atoms with Gasteiger partial charge in [0.1, 0.15) is 0 Å². The van der Waals surface area contributed by atoms with Crippen molar-refractivity contribution in [2.45, 2.75) is 5.41 Å². The van der Waals surface area contributed by atoms with E-state index in [1.807, 2.05) is 0 Å². The van der Waals surface area contributed by atoms with Gasteiger partial charge >= 0.3 is 0 Å². The van der Waals surface area contributed by atoms with Crippen molar-refractivity contribution < 1.29 is 0 Å². The molecular weight excluding hydrogens is 929 g/mol. The lowest BCUT2D eigenvalue weighted by Crippen LogP contribution is -2.28. The van der Waals surface area contributed by atoms with E-state index in [0.717, 1.165) is 22.7 Å². The highest BCUT2D eigenvalue weighted by atomic mass is 15.1. The molecule has 1 heterocycles. The summed E-state index contributed by atoms with van der Waals surface area (Å²) in [5, 5.41) is 14.6. The summed E-state index contributed by atoms with van der Waals surface area (Å²) in [4.78, 5) is 2.55. The molecule has 0 aliphatic heterocycles. The van der Waals surface area contributed by atoms with E-state index in [0.29, 0.717) is 0 Å². The number of anilines is 3. The van der Waals surface area contributed by atoms with E-state index in [1.54, 1.807) is 0 Å². The van der Waals surface area contributed by atoms with Crippen molar-refractivity contribution in [2.24, 2.45) is 0 Å². The smallest absolute Gasteiger partial charge is 0.0714 e. The van der Waals surface area contributed by atoms with Crippen molar-refractivity contribution in [3.63, 3.8) is 0 Å². The Labute approximate surface area is 446 Å². The van der Waals surface area contributed by atoms with Gasteiger partial charge in [0.25, 0.3) is 0 Å². The predicted molar refractivity (Wildman–Crippen MR) is 326 cm³/mol. The highest BCUT2D eigenvalue weighted by Gasteiger charge is 2.46. The fourth-order valence-electron chi connectivity index (χ4n) is 13.5. The molecule has 2 heteroatoms. The standard InChI is InChI=1S/C75H48N2/c1-3-23-52(24-4-1)75(53-25-5-2-6-26-53)68-37-19-17-32-61(68)62-41-40-54(48-69(62)75)76-70-38-20-18-36-66(70)67-45-51(39-43-72(67)76)57-42-44-71(63-33-14-11-31-60(57)63)77(73-46-49-21-7-9-27-55(49)58-29-12-15-34-64(58)73)74-47-50-22-8-10-28-56(50)59-30-13-16-35-65(59)74/h1-48H. The lowest BCUT2D eigenvalue weighted by atomic mass is 9.67. The molecular formula is C75H48N2. The summed E-state index contributed by atoms with van der Waals surface area (Å²) in [5.74, 6) is 0. The number of para-hydroxylation sites is 1. The summed E-state index contributed by atoms with van der Waals surface area (Å²) < 4.78 is 2.49. The average Bonchev–Trinajstić information content (AvgIpc) is 4.18. The minimum atomic E-state index is -0.498. The molecule has 16 rings (SSSR count). The summed E-state index contributed by atoms with van der Waals surface area (Å²) in [6.45, 7) is 0. The van der Waals surface area contributed by atoms with Gasteiger partial charge < -0.3 is 9.47 Å². The van der Waals surface area contributed by atoms with E-state index in [9.17, 15) is 0 Å². The SMILES string of the molecule is c1ccc(C2(c3ccccc3)c3ccccc3-c3ccc(-n4c5ccccc5c5cc(-c6ccc(N(c7cc8ccccc8c8ccccc78)c7cc8ccccc8c8ccccc78)c7ccccc67)ccc54)cc32)cc1. The Hall–Kier alpha value is -10.0. The van der Waals surface area contributed by atoms with Gasteiger partial charge in [-0.15, -0.1) is 0 Å². The first-order valence-corrected chi connectivity index (χ1v) is 26.7. The lowest BCUT2D eigenvalue weighted by Gasteiger charge is -2.34. The van der Waals surface area contributed by atoms with Crippen LogP contribution in [-0.2, 0) is 5.41 Å². The van der Waals surface area contributed by atoms with Gasteiger partial charge in [0.2, 0.25) is 0 Å². The molecule has 358 valence electrons. The zero-order valence-corrected chi connectivity index (χ0v) is 42.1. The van der Waals surface area contributed by atoms with E-state index in [4.69, 9.17) is 0 Å². The minimum absolute atomic E-state index is 0.498. The third-order valence-corrected chi connectivity index (χ3v) is 16.8. The molecule has 15 aromatic rings. The van der Waals surface area contributed by atoms with Crippen LogP contribution in [0.3, 0.4) is 0 Å². The normalized spacial score (nSPS) is 12.8. The quantitative estimate of drug-likeness (QED) is 0.145. The van der Waals surface area contributed by atoms with Crippen molar-refractivity contribution in [3.8, 4) is 27.9 Å². The first kappa shape index (κ1) is 43.4.